The number of ether oxygens (including phenoxy) is 1. The molecule has 1 aromatic rings. The molecule has 25 heavy (non-hydrogen) atoms. The number of nitrogens with zero attached hydrogens (tertiary/aromatic N) is 2. The highest BCUT2D eigenvalue weighted by Gasteiger charge is 2.32. The van der Waals surface area contributed by atoms with Gasteiger partial charge in [0.2, 0.25) is 0 Å². The fourth-order valence-electron chi connectivity index (χ4n) is 3.55. The molecule has 0 spiro atoms. The number of nitrogens with two attached hydrogens (primary N) is 1. The van der Waals surface area contributed by atoms with Gasteiger partial charge in [0.05, 0.1) is 6.10 Å². The highest BCUT2D eigenvalue weighted by atomic mass is 35.5. The molecule has 0 unspecified atom stereocenters. The number of rotatable bonds is 5. The monoisotopic (exact) mass is 389 g/mol. The van der Waals surface area contributed by atoms with E-state index in [1.54, 1.807) is 4.90 Å². The molecule has 2 heterocycles. The maximum atomic E-state index is 12.6. The molecule has 0 radical (unpaired) electrons. The molecule has 2 fully saturated rings. The molecular weight excluding hydrogens is 361 g/mol. The summed E-state index contributed by atoms with van der Waals surface area (Å²) in [5, 5.41) is 0. The average molecular weight is 390 g/mol. The van der Waals surface area contributed by atoms with Crippen LogP contribution < -0.4 is 10.6 Å². The van der Waals surface area contributed by atoms with Crippen LogP contribution in [0.1, 0.15) is 31.2 Å². The van der Waals surface area contributed by atoms with Gasteiger partial charge >= 0.3 is 0 Å². The number of amides is 1. The van der Waals surface area contributed by atoms with Crippen molar-refractivity contribution in [3.63, 3.8) is 0 Å². The summed E-state index contributed by atoms with van der Waals surface area (Å²) in [4.78, 5) is 16.8. The van der Waals surface area contributed by atoms with E-state index >= 15 is 0 Å². The smallest absolute Gasteiger partial charge is 0.251 e. The summed E-state index contributed by atoms with van der Waals surface area (Å²) in [5.41, 5.74) is 8.10. The molecule has 0 bridgehead atoms. The topological polar surface area (TPSA) is 58.8 Å². The maximum absolute atomic E-state index is 12.6. The quantitative estimate of drug-likeness (QED) is 0.840. The molecule has 0 aromatic heterocycles. The third-order valence-corrected chi connectivity index (χ3v) is 4.87. The van der Waals surface area contributed by atoms with Crippen molar-refractivity contribution in [1.29, 1.82) is 0 Å². The van der Waals surface area contributed by atoms with Gasteiger partial charge in [0.15, 0.2) is 0 Å². The minimum absolute atomic E-state index is 0. The van der Waals surface area contributed by atoms with E-state index in [9.17, 15) is 4.79 Å². The predicted octanol–water partition coefficient (Wildman–Crippen LogP) is 2.60. The highest BCUT2D eigenvalue weighted by molar-refractivity contribution is 5.85. The Balaban J connectivity index is 0.00000156. The number of carbonyl (C=O) groups is 1. The van der Waals surface area contributed by atoms with Crippen molar-refractivity contribution < 1.29 is 9.53 Å². The summed E-state index contributed by atoms with van der Waals surface area (Å²) in [7, 11) is 1.86. The van der Waals surface area contributed by atoms with Gasteiger partial charge < -0.3 is 20.3 Å². The van der Waals surface area contributed by atoms with Crippen LogP contribution >= 0.6 is 24.8 Å². The summed E-state index contributed by atoms with van der Waals surface area (Å²) >= 11 is 0. The second-order valence-corrected chi connectivity index (χ2v) is 6.58. The third kappa shape index (κ3) is 5.23. The largest absolute Gasteiger partial charge is 0.371 e. The van der Waals surface area contributed by atoms with Gasteiger partial charge in [-0.25, -0.2) is 0 Å². The SMILES string of the molecule is CN(Cc1ccccc1N1CCCC1)C(=O)[C@@H]1CC[C@H](CN)O1.Cl.Cl. The first kappa shape index (κ1) is 22.0. The Morgan fingerprint density at radius 3 is 2.56 bits per heavy atom. The summed E-state index contributed by atoms with van der Waals surface area (Å²) in [6.45, 7) is 3.33. The normalized spacial score (nSPS) is 22.2. The zero-order valence-corrected chi connectivity index (χ0v) is 16.4. The minimum Gasteiger partial charge on any atom is -0.371 e. The Morgan fingerprint density at radius 2 is 1.92 bits per heavy atom. The van der Waals surface area contributed by atoms with Crippen LogP contribution in [0.15, 0.2) is 24.3 Å². The van der Waals surface area contributed by atoms with E-state index in [0.717, 1.165) is 25.9 Å². The van der Waals surface area contributed by atoms with Gasteiger partial charge in [-0.2, -0.15) is 0 Å². The van der Waals surface area contributed by atoms with Crippen LogP contribution in [0, 0.1) is 0 Å². The van der Waals surface area contributed by atoms with Crippen molar-refractivity contribution in [2.24, 2.45) is 5.73 Å². The molecule has 2 atom stereocenters. The Kier molecular flexibility index (Phi) is 9.00. The van der Waals surface area contributed by atoms with Crippen molar-refractivity contribution in [2.75, 3.05) is 31.6 Å². The van der Waals surface area contributed by atoms with E-state index in [1.165, 1.54) is 24.1 Å². The van der Waals surface area contributed by atoms with E-state index in [2.05, 4.69) is 23.1 Å². The summed E-state index contributed by atoms with van der Waals surface area (Å²) in [6.07, 6.45) is 3.87. The van der Waals surface area contributed by atoms with Crippen LogP contribution in [0.5, 0.6) is 0 Å². The number of hydrogen-bond donors (Lipinski definition) is 1. The molecule has 2 saturated heterocycles. The third-order valence-electron chi connectivity index (χ3n) is 4.87. The molecule has 2 N–H and O–H groups in total. The van der Waals surface area contributed by atoms with Crippen molar-refractivity contribution in [3.8, 4) is 0 Å². The standard InChI is InChI=1S/C18H27N3O2.2ClH/c1-20(18(22)17-9-8-15(12-19)23-17)13-14-6-2-3-7-16(14)21-10-4-5-11-21;;/h2-3,6-7,15,17H,4-5,8-13,19H2,1H3;2*1H/t15-,17+;;/m1../s1. The van der Waals surface area contributed by atoms with Gasteiger partial charge in [-0.05, 0) is 37.3 Å². The van der Waals surface area contributed by atoms with Crippen molar-refractivity contribution >= 4 is 36.4 Å². The van der Waals surface area contributed by atoms with E-state index in [-0.39, 0.29) is 42.9 Å². The lowest BCUT2D eigenvalue weighted by Gasteiger charge is -2.26. The lowest BCUT2D eigenvalue weighted by molar-refractivity contribution is -0.141. The predicted molar refractivity (Wildman–Crippen MR) is 106 cm³/mol. The summed E-state index contributed by atoms with van der Waals surface area (Å²) in [6, 6.07) is 8.40. The number of benzene rings is 1. The molecule has 3 rings (SSSR count). The number of carbonyl (C=O) groups excluding carboxylic acids is 1. The maximum Gasteiger partial charge on any atom is 0.251 e. The van der Waals surface area contributed by atoms with Gasteiger partial charge in [0.25, 0.3) is 5.91 Å². The molecule has 1 amide bonds. The Labute approximate surface area is 162 Å². The Bertz CT molecular complexity index is 553. The molecule has 2 aliphatic rings. The van der Waals surface area contributed by atoms with Crippen molar-refractivity contribution in [1.82, 2.24) is 4.90 Å². The second-order valence-electron chi connectivity index (χ2n) is 6.58. The van der Waals surface area contributed by atoms with Crippen LogP contribution in [0.3, 0.4) is 0 Å². The van der Waals surface area contributed by atoms with Crippen molar-refractivity contribution in [2.45, 2.75) is 44.4 Å². The summed E-state index contributed by atoms with van der Waals surface area (Å²) in [5.74, 6) is 0.0668. The first-order valence-corrected chi connectivity index (χ1v) is 8.62. The number of para-hydroxylation sites is 1. The molecular formula is C18H29Cl2N3O2. The first-order valence-electron chi connectivity index (χ1n) is 8.62. The molecule has 142 valence electrons. The van der Waals surface area contributed by atoms with Crippen LogP contribution in [-0.2, 0) is 16.1 Å². The van der Waals surface area contributed by atoms with Gasteiger partial charge in [0, 0.05) is 38.9 Å². The molecule has 5 nitrogen and oxygen atoms in total. The van der Waals surface area contributed by atoms with Gasteiger partial charge in [-0.1, -0.05) is 18.2 Å². The average Bonchev–Trinajstić information content (AvgIpc) is 3.26. The van der Waals surface area contributed by atoms with Crippen LogP contribution in [-0.4, -0.2) is 49.7 Å². The molecule has 0 saturated carbocycles. The van der Waals surface area contributed by atoms with Crippen LogP contribution in [0.2, 0.25) is 0 Å². The van der Waals surface area contributed by atoms with E-state index < -0.39 is 0 Å². The fourth-order valence-corrected chi connectivity index (χ4v) is 3.55. The number of hydrogen-bond acceptors (Lipinski definition) is 4. The number of halogens is 2. The Hall–Kier alpha value is -1.01. The minimum atomic E-state index is -0.326. The van der Waals surface area contributed by atoms with E-state index in [1.807, 2.05) is 13.1 Å². The highest BCUT2D eigenvalue weighted by Crippen LogP contribution is 2.26. The molecule has 0 aliphatic carbocycles. The van der Waals surface area contributed by atoms with Crippen LogP contribution in [0.25, 0.3) is 0 Å². The van der Waals surface area contributed by atoms with Crippen LogP contribution in [0.4, 0.5) is 5.69 Å². The van der Waals surface area contributed by atoms with Gasteiger partial charge in [-0.3, -0.25) is 4.79 Å². The zero-order valence-electron chi connectivity index (χ0n) is 14.7. The lowest BCUT2D eigenvalue weighted by Crippen LogP contribution is -2.37. The second kappa shape index (κ2) is 10.2. The van der Waals surface area contributed by atoms with Gasteiger partial charge in [0.1, 0.15) is 6.10 Å². The zero-order chi connectivity index (χ0) is 16.2. The lowest BCUT2D eigenvalue weighted by atomic mass is 10.1. The van der Waals surface area contributed by atoms with Crippen molar-refractivity contribution in [3.05, 3.63) is 29.8 Å². The molecule has 2 aliphatic heterocycles. The van der Waals surface area contributed by atoms with Gasteiger partial charge in [-0.15, -0.1) is 24.8 Å². The van der Waals surface area contributed by atoms with E-state index in [0.29, 0.717) is 13.1 Å². The number of anilines is 1. The summed E-state index contributed by atoms with van der Waals surface area (Å²) < 4.78 is 5.73. The Morgan fingerprint density at radius 1 is 1.24 bits per heavy atom. The first-order chi connectivity index (χ1) is 11.2. The van der Waals surface area contributed by atoms with E-state index in [4.69, 9.17) is 10.5 Å². The number of likely N-dealkylation sites (N-methyl/N-ethyl adjacent to an activating group) is 1. The fraction of sp³-hybridized carbons (Fsp3) is 0.611. The molecule has 7 heteroatoms. The molecule has 1 aromatic carbocycles.